The lowest BCUT2D eigenvalue weighted by molar-refractivity contribution is -0.384. The number of piperazine rings is 1. The first-order chi connectivity index (χ1) is 14.2. The van der Waals surface area contributed by atoms with Crippen molar-refractivity contribution < 1.29 is 4.92 Å². The molecule has 7 heteroatoms. The lowest BCUT2D eigenvalue weighted by Gasteiger charge is -2.43. The van der Waals surface area contributed by atoms with Gasteiger partial charge in [-0.25, -0.2) is 0 Å². The van der Waals surface area contributed by atoms with Crippen LogP contribution in [0, 0.1) is 10.1 Å². The number of benzene rings is 2. The summed E-state index contributed by atoms with van der Waals surface area (Å²) in [6.45, 7) is 7.68. The number of non-ortho nitro benzene ring substituents is 1. The number of hydrogen-bond donors (Lipinski definition) is 0. The van der Waals surface area contributed by atoms with Gasteiger partial charge in [0.05, 0.1) is 4.92 Å². The van der Waals surface area contributed by atoms with Crippen LogP contribution in [0.5, 0.6) is 0 Å². The highest BCUT2D eigenvalue weighted by molar-refractivity contribution is 5.85. The molecular weight excluding hydrogens is 400 g/mol. The Morgan fingerprint density at radius 3 is 2.10 bits per heavy atom. The molecule has 0 amide bonds. The minimum Gasteiger partial charge on any atom is -0.369 e. The van der Waals surface area contributed by atoms with Crippen LogP contribution in [0.25, 0.3) is 0 Å². The van der Waals surface area contributed by atoms with E-state index in [2.05, 4.69) is 45.0 Å². The number of nitro benzene ring substituents is 1. The summed E-state index contributed by atoms with van der Waals surface area (Å²) in [5.41, 5.74) is 2.68. The van der Waals surface area contributed by atoms with Crippen LogP contribution in [-0.2, 0) is 6.42 Å². The zero-order chi connectivity index (χ0) is 20.1. The molecule has 2 aliphatic rings. The predicted octanol–water partition coefficient (Wildman–Crippen LogP) is 3.85. The molecule has 0 aromatic heterocycles. The van der Waals surface area contributed by atoms with Crippen LogP contribution >= 0.6 is 12.4 Å². The second-order valence-electron chi connectivity index (χ2n) is 8.10. The molecule has 0 N–H and O–H groups in total. The number of hydrogen-bond acceptors (Lipinski definition) is 5. The topological polar surface area (TPSA) is 52.9 Å². The molecule has 2 aromatic rings. The Morgan fingerprint density at radius 1 is 0.867 bits per heavy atom. The highest BCUT2D eigenvalue weighted by Crippen LogP contribution is 2.23. The van der Waals surface area contributed by atoms with Crippen molar-refractivity contribution in [2.45, 2.75) is 25.3 Å². The Hall–Kier alpha value is -2.15. The first-order valence-corrected chi connectivity index (χ1v) is 10.7. The van der Waals surface area contributed by atoms with Crippen molar-refractivity contribution in [2.24, 2.45) is 0 Å². The summed E-state index contributed by atoms with van der Waals surface area (Å²) in [6, 6.07) is 18.4. The fourth-order valence-corrected chi connectivity index (χ4v) is 4.57. The minimum atomic E-state index is -0.339. The number of piperidine rings is 1. The first-order valence-electron chi connectivity index (χ1n) is 10.7. The van der Waals surface area contributed by atoms with Crippen LogP contribution in [0.4, 0.5) is 11.4 Å². The lowest BCUT2D eigenvalue weighted by atomic mass is 10.0. The van der Waals surface area contributed by atoms with E-state index in [-0.39, 0.29) is 23.0 Å². The van der Waals surface area contributed by atoms with Gasteiger partial charge in [0.1, 0.15) is 0 Å². The van der Waals surface area contributed by atoms with Gasteiger partial charge in [0.2, 0.25) is 0 Å². The Labute approximate surface area is 185 Å². The maximum atomic E-state index is 10.8. The standard InChI is InChI=1S/C23H30N4O2.ClH/c28-27(29)23-8-6-21(7-9-23)25-16-18-26(19-17-25)22-11-14-24(15-12-22)13-10-20-4-2-1-3-5-20;/h1-9,22H,10-19H2;1H. The maximum Gasteiger partial charge on any atom is 0.269 e. The molecule has 0 bridgehead atoms. The van der Waals surface area contributed by atoms with E-state index in [1.165, 1.54) is 31.5 Å². The van der Waals surface area contributed by atoms with Crippen molar-refractivity contribution in [3.05, 3.63) is 70.3 Å². The summed E-state index contributed by atoms with van der Waals surface area (Å²) in [5, 5.41) is 10.8. The molecule has 0 atom stereocenters. The molecule has 0 aliphatic carbocycles. The lowest BCUT2D eigenvalue weighted by Crippen LogP contribution is -2.53. The quantitative estimate of drug-likeness (QED) is 0.514. The smallest absolute Gasteiger partial charge is 0.269 e. The van der Waals surface area contributed by atoms with Gasteiger partial charge in [0, 0.05) is 56.6 Å². The van der Waals surface area contributed by atoms with Crippen molar-refractivity contribution in [2.75, 3.05) is 50.7 Å². The summed E-state index contributed by atoms with van der Waals surface area (Å²) in [4.78, 5) is 18.1. The van der Waals surface area contributed by atoms with Gasteiger partial charge in [-0.15, -0.1) is 12.4 Å². The summed E-state index contributed by atoms with van der Waals surface area (Å²) in [7, 11) is 0. The predicted molar refractivity (Wildman–Crippen MR) is 124 cm³/mol. The van der Waals surface area contributed by atoms with Gasteiger partial charge in [0.25, 0.3) is 5.69 Å². The van der Waals surface area contributed by atoms with E-state index in [9.17, 15) is 10.1 Å². The van der Waals surface area contributed by atoms with Crippen LogP contribution in [0.3, 0.4) is 0 Å². The average molecular weight is 431 g/mol. The van der Waals surface area contributed by atoms with Gasteiger partial charge in [-0.3, -0.25) is 15.0 Å². The summed E-state index contributed by atoms with van der Waals surface area (Å²) in [5.74, 6) is 0. The van der Waals surface area contributed by atoms with Crippen molar-refractivity contribution in [3.8, 4) is 0 Å². The average Bonchev–Trinajstić information content (AvgIpc) is 2.79. The van der Waals surface area contributed by atoms with E-state index in [0.29, 0.717) is 6.04 Å². The van der Waals surface area contributed by atoms with Gasteiger partial charge in [-0.1, -0.05) is 30.3 Å². The van der Waals surface area contributed by atoms with Crippen LogP contribution in [0.2, 0.25) is 0 Å². The van der Waals surface area contributed by atoms with Crippen molar-refractivity contribution >= 4 is 23.8 Å². The highest BCUT2D eigenvalue weighted by Gasteiger charge is 2.27. The second-order valence-corrected chi connectivity index (χ2v) is 8.10. The largest absolute Gasteiger partial charge is 0.369 e. The van der Waals surface area contributed by atoms with E-state index in [0.717, 1.165) is 44.8 Å². The van der Waals surface area contributed by atoms with Gasteiger partial charge in [-0.05, 0) is 50.0 Å². The van der Waals surface area contributed by atoms with Gasteiger partial charge < -0.3 is 9.80 Å². The fourth-order valence-electron chi connectivity index (χ4n) is 4.57. The fraction of sp³-hybridized carbons (Fsp3) is 0.478. The number of likely N-dealkylation sites (tertiary alicyclic amines) is 1. The van der Waals surface area contributed by atoms with Crippen LogP contribution in [0.15, 0.2) is 54.6 Å². The summed E-state index contributed by atoms with van der Waals surface area (Å²) >= 11 is 0. The third-order valence-electron chi connectivity index (χ3n) is 6.37. The molecular formula is C23H31ClN4O2. The Balaban J connectivity index is 0.00000256. The van der Waals surface area contributed by atoms with E-state index in [4.69, 9.17) is 0 Å². The molecule has 30 heavy (non-hydrogen) atoms. The van der Waals surface area contributed by atoms with Crippen LogP contribution in [0.1, 0.15) is 18.4 Å². The highest BCUT2D eigenvalue weighted by atomic mass is 35.5. The van der Waals surface area contributed by atoms with Crippen molar-refractivity contribution in [1.29, 1.82) is 0 Å². The number of halogens is 1. The molecule has 0 unspecified atom stereocenters. The Morgan fingerprint density at radius 2 is 1.50 bits per heavy atom. The first kappa shape index (κ1) is 22.5. The van der Waals surface area contributed by atoms with E-state index >= 15 is 0 Å². The molecule has 6 nitrogen and oxygen atoms in total. The normalized spacial score (nSPS) is 18.7. The molecule has 2 heterocycles. The number of nitro groups is 1. The van der Waals surface area contributed by atoms with Gasteiger partial charge in [-0.2, -0.15) is 0 Å². The third kappa shape index (κ3) is 5.72. The number of nitrogens with zero attached hydrogens (tertiary/aromatic N) is 4. The molecule has 162 valence electrons. The molecule has 0 spiro atoms. The van der Waals surface area contributed by atoms with Crippen molar-refractivity contribution in [3.63, 3.8) is 0 Å². The Bertz CT molecular complexity index is 787. The maximum absolute atomic E-state index is 10.8. The number of anilines is 1. The Kier molecular flexibility index (Phi) is 8.08. The van der Waals surface area contributed by atoms with E-state index in [1.807, 2.05) is 12.1 Å². The van der Waals surface area contributed by atoms with Gasteiger partial charge >= 0.3 is 0 Å². The molecule has 0 radical (unpaired) electrons. The zero-order valence-corrected chi connectivity index (χ0v) is 18.2. The molecule has 4 rings (SSSR count). The molecule has 2 saturated heterocycles. The van der Waals surface area contributed by atoms with E-state index in [1.54, 1.807) is 12.1 Å². The van der Waals surface area contributed by atoms with Crippen LogP contribution < -0.4 is 4.90 Å². The summed E-state index contributed by atoms with van der Waals surface area (Å²) in [6.07, 6.45) is 3.65. The summed E-state index contributed by atoms with van der Waals surface area (Å²) < 4.78 is 0. The monoisotopic (exact) mass is 430 g/mol. The van der Waals surface area contributed by atoms with Crippen LogP contribution in [-0.4, -0.2) is 66.6 Å². The molecule has 2 aliphatic heterocycles. The molecule has 2 aromatic carbocycles. The van der Waals surface area contributed by atoms with E-state index < -0.39 is 0 Å². The SMILES string of the molecule is Cl.O=[N+]([O-])c1ccc(N2CCN(C3CCN(CCc4ccccc4)CC3)CC2)cc1. The molecule has 0 saturated carbocycles. The molecule has 2 fully saturated rings. The number of rotatable bonds is 6. The zero-order valence-electron chi connectivity index (χ0n) is 17.4. The third-order valence-corrected chi connectivity index (χ3v) is 6.37. The minimum absolute atomic E-state index is 0. The van der Waals surface area contributed by atoms with Gasteiger partial charge in [0.15, 0.2) is 0 Å². The second kappa shape index (κ2) is 10.8. The van der Waals surface area contributed by atoms with Crippen molar-refractivity contribution in [1.82, 2.24) is 9.80 Å².